The molecule has 0 bridgehead atoms. The molecule has 0 aromatic heterocycles. The van der Waals surface area contributed by atoms with Gasteiger partial charge >= 0.3 is 5.97 Å². The number of phenolic OH excluding ortho intramolecular Hbond substituents is 3. The molecular weight excluding hydrogens is 344 g/mol. The maximum Gasteiger partial charge on any atom is 0.338 e. The van der Waals surface area contributed by atoms with Gasteiger partial charge in [-0.3, -0.25) is 0 Å². The molecule has 0 unspecified atom stereocenters. The van der Waals surface area contributed by atoms with Crippen LogP contribution in [0.4, 0.5) is 0 Å². The predicted octanol–water partition coefficient (Wildman–Crippen LogP) is 5.91. The van der Waals surface area contributed by atoms with E-state index in [2.05, 4.69) is 13.8 Å². The van der Waals surface area contributed by atoms with Gasteiger partial charge in [-0.2, -0.15) is 0 Å². The van der Waals surface area contributed by atoms with E-state index < -0.39 is 23.2 Å². The van der Waals surface area contributed by atoms with Gasteiger partial charge in [-0.1, -0.05) is 78.1 Å². The van der Waals surface area contributed by atoms with Crippen molar-refractivity contribution in [1.82, 2.24) is 0 Å². The van der Waals surface area contributed by atoms with E-state index >= 15 is 0 Å². The molecule has 0 heterocycles. The van der Waals surface area contributed by atoms with Crippen LogP contribution in [-0.4, -0.2) is 27.9 Å². The van der Waals surface area contributed by atoms with Crippen molar-refractivity contribution in [1.29, 1.82) is 0 Å². The molecule has 0 saturated heterocycles. The molecule has 0 aliphatic heterocycles. The minimum atomic E-state index is -0.637. The number of hydrogen-bond donors (Lipinski definition) is 3. The molecular formula is C22H36O5. The topological polar surface area (TPSA) is 87.0 Å². The SMILES string of the molecule is CC(C)CCCCCCCCCCCCOC(=O)c1cc(O)c(O)c(O)c1. The fourth-order valence-corrected chi connectivity index (χ4v) is 3.04. The number of hydrogen-bond acceptors (Lipinski definition) is 5. The molecule has 1 aromatic carbocycles. The van der Waals surface area contributed by atoms with Crippen LogP contribution in [0.1, 0.15) is 94.8 Å². The lowest BCUT2D eigenvalue weighted by atomic mass is 10.0. The summed E-state index contributed by atoms with van der Waals surface area (Å²) >= 11 is 0. The van der Waals surface area contributed by atoms with Crippen molar-refractivity contribution >= 4 is 5.97 Å². The van der Waals surface area contributed by atoms with E-state index in [0.717, 1.165) is 37.3 Å². The van der Waals surface area contributed by atoms with Gasteiger partial charge in [0, 0.05) is 0 Å². The molecule has 3 N–H and O–H groups in total. The molecule has 1 aromatic rings. The summed E-state index contributed by atoms with van der Waals surface area (Å²) in [6.07, 6.45) is 13.5. The minimum Gasteiger partial charge on any atom is -0.504 e. The Morgan fingerprint density at radius 3 is 1.74 bits per heavy atom. The van der Waals surface area contributed by atoms with Gasteiger partial charge in [-0.05, 0) is 24.5 Å². The standard InChI is InChI=1S/C22H36O5/c1-17(2)13-11-9-7-5-3-4-6-8-10-12-14-27-22(26)18-15-19(23)21(25)20(24)16-18/h15-17,23-25H,3-14H2,1-2H3. The van der Waals surface area contributed by atoms with Gasteiger partial charge in [0.2, 0.25) is 0 Å². The van der Waals surface area contributed by atoms with Gasteiger partial charge < -0.3 is 20.1 Å². The molecule has 1 rings (SSSR count). The van der Waals surface area contributed by atoms with Crippen molar-refractivity contribution in [3.8, 4) is 17.2 Å². The second kappa shape index (κ2) is 13.3. The summed E-state index contributed by atoms with van der Waals surface area (Å²) in [4.78, 5) is 11.9. The molecule has 0 amide bonds. The average Bonchev–Trinajstić information content (AvgIpc) is 2.62. The summed E-state index contributed by atoms with van der Waals surface area (Å²) in [5.74, 6) is -1.51. The Labute approximate surface area is 163 Å². The Hall–Kier alpha value is -1.91. The molecule has 0 aliphatic carbocycles. The van der Waals surface area contributed by atoms with Gasteiger partial charge in [-0.25, -0.2) is 4.79 Å². The monoisotopic (exact) mass is 380 g/mol. The van der Waals surface area contributed by atoms with Crippen LogP contribution >= 0.6 is 0 Å². The third-order valence-corrected chi connectivity index (χ3v) is 4.71. The molecule has 0 aliphatic rings. The van der Waals surface area contributed by atoms with Gasteiger partial charge in [0.25, 0.3) is 0 Å². The fourth-order valence-electron chi connectivity index (χ4n) is 3.04. The second-order valence-corrected chi connectivity index (χ2v) is 7.72. The first-order chi connectivity index (χ1) is 12.9. The van der Waals surface area contributed by atoms with Crippen LogP contribution in [-0.2, 0) is 4.74 Å². The molecule has 0 radical (unpaired) electrons. The van der Waals surface area contributed by atoms with Crippen molar-refractivity contribution in [3.05, 3.63) is 17.7 Å². The highest BCUT2D eigenvalue weighted by atomic mass is 16.5. The molecule has 0 atom stereocenters. The van der Waals surface area contributed by atoms with Crippen LogP contribution in [0, 0.1) is 5.92 Å². The number of rotatable bonds is 14. The first-order valence-corrected chi connectivity index (χ1v) is 10.3. The number of carbonyl (C=O) groups is 1. The second-order valence-electron chi connectivity index (χ2n) is 7.72. The molecule has 154 valence electrons. The fraction of sp³-hybridized carbons (Fsp3) is 0.682. The first kappa shape index (κ1) is 23.1. The molecule has 5 nitrogen and oxygen atoms in total. The molecule has 27 heavy (non-hydrogen) atoms. The minimum absolute atomic E-state index is 0.0243. The van der Waals surface area contributed by atoms with E-state index in [-0.39, 0.29) is 5.56 Å². The Morgan fingerprint density at radius 1 is 0.815 bits per heavy atom. The third-order valence-electron chi connectivity index (χ3n) is 4.71. The van der Waals surface area contributed by atoms with Crippen LogP contribution in [0.2, 0.25) is 0 Å². The average molecular weight is 381 g/mol. The van der Waals surface area contributed by atoms with Gasteiger partial charge in [0.15, 0.2) is 17.2 Å². The van der Waals surface area contributed by atoms with Crippen molar-refractivity contribution in [2.75, 3.05) is 6.61 Å². The number of phenols is 3. The van der Waals surface area contributed by atoms with Gasteiger partial charge in [-0.15, -0.1) is 0 Å². The van der Waals surface area contributed by atoms with Crippen LogP contribution in [0.25, 0.3) is 0 Å². The van der Waals surface area contributed by atoms with Crippen LogP contribution in [0.3, 0.4) is 0 Å². The maximum absolute atomic E-state index is 11.9. The third kappa shape index (κ3) is 10.1. The van der Waals surface area contributed by atoms with Gasteiger partial charge in [0.1, 0.15) is 0 Å². The van der Waals surface area contributed by atoms with Crippen molar-refractivity contribution in [2.45, 2.75) is 84.5 Å². The van der Waals surface area contributed by atoms with E-state index in [4.69, 9.17) is 4.74 Å². The zero-order chi connectivity index (χ0) is 20.1. The number of unbranched alkanes of at least 4 members (excludes halogenated alkanes) is 9. The van der Waals surface area contributed by atoms with Crippen molar-refractivity contribution in [3.63, 3.8) is 0 Å². The Bertz CT molecular complexity index is 531. The lowest BCUT2D eigenvalue weighted by Gasteiger charge is -2.07. The summed E-state index contributed by atoms with van der Waals surface area (Å²) in [7, 11) is 0. The maximum atomic E-state index is 11.9. The van der Waals surface area contributed by atoms with E-state index in [1.807, 2.05) is 0 Å². The van der Waals surface area contributed by atoms with Crippen LogP contribution in [0.15, 0.2) is 12.1 Å². The van der Waals surface area contributed by atoms with E-state index in [1.54, 1.807) is 0 Å². The summed E-state index contributed by atoms with van der Waals surface area (Å²) in [6.45, 7) is 4.88. The summed E-state index contributed by atoms with van der Waals surface area (Å²) < 4.78 is 5.13. The zero-order valence-corrected chi connectivity index (χ0v) is 16.9. The zero-order valence-electron chi connectivity index (χ0n) is 16.9. The highest BCUT2D eigenvalue weighted by molar-refractivity contribution is 5.91. The van der Waals surface area contributed by atoms with Crippen molar-refractivity contribution < 1.29 is 24.9 Å². The summed E-state index contributed by atoms with van der Waals surface area (Å²) in [6, 6.07) is 2.17. The smallest absolute Gasteiger partial charge is 0.338 e. The Morgan fingerprint density at radius 2 is 1.26 bits per heavy atom. The van der Waals surface area contributed by atoms with E-state index in [0.29, 0.717) is 6.61 Å². The number of carbonyl (C=O) groups excluding carboxylic acids is 1. The molecule has 0 fully saturated rings. The first-order valence-electron chi connectivity index (χ1n) is 10.3. The summed E-state index contributed by atoms with van der Waals surface area (Å²) in [5.41, 5.74) is 0.0243. The lowest BCUT2D eigenvalue weighted by Crippen LogP contribution is -2.06. The molecule has 5 heteroatoms. The Kier molecular flexibility index (Phi) is 11.4. The van der Waals surface area contributed by atoms with E-state index in [1.165, 1.54) is 51.4 Å². The number of benzene rings is 1. The van der Waals surface area contributed by atoms with Crippen molar-refractivity contribution in [2.24, 2.45) is 5.92 Å². The van der Waals surface area contributed by atoms with Crippen LogP contribution < -0.4 is 0 Å². The number of aromatic hydroxyl groups is 3. The lowest BCUT2D eigenvalue weighted by molar-refractivity contribution is 0.0496. The number of ether oxygens (including phenoxy) is 1. The van der Waals surface area contributed by atoms with Gasteiger partial charge in [0.05, 0.1) is 12.2 Å². The Balaban J connectivity index is 1.98. The highest BCUT2D eigenvalue weighted by Gasteiger charge is 2.14. The van der Waals surface area contributed by atoms with Crippen LogP contribution in [0.5, 0.6) is 17.2 Å². The predicted molar refractivity (Wildman–Crippen MR) is 107 cm³/mol. The highest BCUT2D eigenvalue weighted by Crippen LogP contribution is 2.35. The molecule has 0 saturated carbocycles. The summed E-state index contributed by atoms with van der Waals surface area (Å²) in [5, 5.41) is 28.1. The van der Waals surface area contributed by atoms with E-state index in [9.17, 15) is 20.1 Å². The normalized spacial score (nSPS) is 11.1. The number of esters is 1. The molecule has 0 spiro atoms. The largest absolute Gasteiger partial charge is 0.504 e. The quantitative estimate of drug-likeness (QED) is 0.212.